The standard InChI is InChI=1S/C36H32F2NO/c1-21(2)18-27-19-32(39(5)20-31(27)38)33-23(4)8-15-28-29-16-17-30(37)34(36(29)40-35(28)33)26-13-11-25(12-14-26)24-9-6-22(3)7-10-24/h6-17,19-21H,18H2,1-5H3/q+1/i18D2. The number of pyridine rings is 1. The van der Waals surface area contributed by atoms with Crippen molar-refractivity contribution in [2.24, 2.45) is 13.0 Å². The lowest BCUT2D eigenvalue weighted by Crippen LogP contribution is -2.32. The zero-order valence-corrected chi connectivity index (χ0v) is 23.3. The van der Waals surface area contributed by atoms with E-state index in [1.54, 1.807) is 37.6 Å². The highest BCUT2D eigenvalue weighted by Gasteiger charge is 2.25. The largest absolute Gasteiger partial charge is 0.454 e. The van der Waals surface area contributed by atoms with E-state index >= 15 is 8.78 Å². The minimum absolute atomic E-state index is 0.00138. The summed E-state index contributed by atoms with van der Waals surface area (Å²) >= 11 is 0. The van der Waals surface area contributed by atoms with Gasteiger partial charge in [-0.3, -0.25) is 0 Å². The maximum Gasteiger partial charge on any atom is 0.216 e. The maximum absolute atomic E-state index is 15.5. The highest BCUT2D eigenvalue weighted by Crippen LogP contribution is 2.42. The van der Waals surface area contributed by atoms with E-state index in [1.165, 1.54) is 17.8 Å². The predicted octanol–water partition coefficient (Wildman–Crippen LogP) is 9.51. The normalized spacial score (nSPS) is 12.8. The molecule has 0 amide bonds. The lowest BCUT2D eigenvalue weighted by Gasteiger charge is -2.10. The lowest BCUT2D eigenvalue weighted by atomic mass is 9.96. The molecule has 0 unspecified atom stereocenters. The quantitative estimate of drug-likeness (QED) is 0.201. The summed E-state index contributed by atoms with van der Waals surface area (Å²) in [7, 11) is 1.73. The molecule has 4 aromatic carbocycles. The fraction of sp³-hybridized carbons (Fsp3) is 0.194. The number of aromatic nitrogens is 1. The lowest BCUT2D eigenvalue weighted by molar-refractivity contribution is -0.662. The second kappa shape index (κ2) is 10.0. The molecule has 0 aliphatic rings. The van der Waals surface area contributed by atoms with Crippen molar-refractivity contribution in [1.82, 2.24) is 0 Å². The summed E-state index contributed by atoms with van der Waals surface area (Å²) in [5, 5.41) is 1.58. The van der Waals surface area contributed by atoms with Crippen LogP contribution in [0.25, 0.3) is 55.4 Å². The molecule has 40 heavy (non-hydrogen) atoms. The second-order valence-corrected chi connectivity index (χ2v) is 10.8. The van der Waals surface area contributed by atoms with Crippen molar-refractivity contribution < 1.29 is 20.5 Å². The number of aryl methyl sites for hydroxylation is 3. The zero-order valence-electron chi connectivity index (χ0n) is 25.3. The van der Waals surface area contributed by atoms with Crippen LogP contribution in [-0.4, -0.2) is 0 Å². The molecule has 0 aliphatic heterocycles. The molecule has 0 aliphatic carbocycles. The van der Waals surface area contributed by atoms with Crippen LogP contribution in [0.5, 0.6) is 0 Å². The van der Waals surface area contributed by atoms with Crippen LogP contribution in [0.2, 0.25) is 0 Å². The summed E-state index contributed by atoms with van der Waals surface area (Å²) in [6.07, 6.45) is -0.559. The van der Waals surface area contributed by atoms with Gasteiger partial charge in [0.1, 0.15) is 24.0 Å². The van der Waals surface area contributed by atoms with E-state index in [0.717, 1.165) is 27.5 Å². The van der Waals surface area contributed by atoms with E-state index in [4.69, 9.17) is 7.16 Å². The monoisotopic (exact) mass is 534 g/mol. The molecule has 0 saturated carbocycles. The number of fused-ring (bicyclic) bond motifs is 3. The van der Waals surface area contributed by atoms with Gasteiger partial charge in [0.05, 0.1) is 11.1 Å². The molecule has 6 aromatic rings. The second-order valence-electron chi connectivity index (χ2n) is 10.8. The van der Waals surface area contributed by atoms with Gasteiger partial charge in [-0.25, -0.2) is 8.78 Å². The van der Waals surface area contributed by atoms with Crippen LogP contribution in [0.4, 0.5) is 8.78 Å². The highest BCUT2D eigenvalue weighted by atomic mass is 19.1. The average Bonchev–Trinajstić information content (AvgIpc) is 3.32. The number of benzene rings is 4. The number of halogens is 2. The summed E-state index contributed by atoms with van der Waals surface area (Å²) in [6, 6.07) is 24.8. The van der Waals surface area contributed by atoms with Gasteiger partial charge in [0.15, 0.2) is 5.82 Å². The van der Waals surface area contributed by atoms with Crippen LogP contribution in [0.15, 0.2) is 89.5 Å². The molecule has 6 rings (SSSR count). The van der Waals surface area contributed by atoms with E-state index in [9.17, 15) is 0 Å². The molecule has 0 atom stereocenters. The van der Waals surface area contributed by atoms with Crippen LogP contribution in [0.1, 0.15) is 33.3 Å². The molecule has 0 bridgehead atoms. The topological polar surface area (TPSA) is 17.0 Å². The first-order chi connectivity index (χ1) is 20.0. The summed E-state index contributed by atoms with van der Waals surface area (Å²) in [4.78, 5) is 0. The summed E-state index contributed by atoms with van der Waals surface area (Å²) in [6.45, 7) is 7.46. The average molecular weight is 535 g/mol. The molecule has 2 heterocycles. The van der Waals surface area contributed by atoms with Crippen molar-refractivity contribution in [3.05, 3.63) is 113 Å². The molecule has 0 spiro atoms. The van der Waals surface area contributed by atoms with Gasteiger partial charge in [0.2, 0.25) is 11.9 Å². The van der Waals surface area contributed by atoms with E-state index in [-0.39, 0.29) is 11.4 Å². The molecule has 2 aromatic heterocycles. The SMILES string of the molecule is [2H]C([2H])(c1cc(-c2c(C)ccc3c2oc2c(-c4ccc(-c5ccc(C)cc5)cc4)c(F)ccc23)[n+](C)cc1F)C(C)C. The van der Waals surface area contributed by atoms with Gasteiger partial charge in [0.25, 0.3) is 0 Å². The zero-order chi connectivity index (χ0) is 29.9. The van der Waals surface area contributed by atoms with E-state index in [2.05, 4.69) is 31.2 Å². The van der Waals surface area contributed by atoms with Gasteiger partial charge in [-0.1, -0.05) is 80.1 Å². The van der Waals surface area contributed by atoms with Crippen molar-refractivity contribution in [3.8, 4) is 33.5 Å². The van der Waals surface area contributed by atoms with Gasteiger partial charge in [-0.15, -0.1) is 0 Å². The Labute approximate surface area is 236 Å². The Morgan fingerprint density at radius 2 is 1.32 bits per heavy atom. The molecule has 0 N–H and O–H groups in total. The minimum Gasteiger partial charge on any atom is -0.454 e. The van der Waals surface area contributed by atoms with Crippen molar-refractivity contribution in [3.63, 3.8) is 0 Å². The number of rotatable bonds is 5. The summed E-state index contributed by atoms with van der Waals surface area (Å²) in [5.41, 5.74) is 7.58. The fourth-order valence-corrected chi connectivity index (χ4v) is 5.43. The Morgan fingerprint density at radius 3 is 1.98 bits per heavy atom. The molecular formula is C36H32F2NO+. The van der Waals surface area contributed by atoms with Crippen molar-refractivity contribution in [2.75, 3.05) is 0 Å². The first kappa shape index (κ1) is 23.6. The third-order valence-electron chi connectivity index (χ3n) is 7.45. The number of hydrogen-bond donors (Lipinski definition) is 0. The fourth-order valence-electron chi connectivity index (χ4n) is 5.43. The Hall–Kier alpha value is -4.31. The number of furan rings is 1. The Kier molecular flexibility index (Phi) is 5.90. The smallest absolute Gasteiger partial charge is 0.216 e. The van der Waals surface area contributed by atoms with Gasteiger partial charge >= 0.3 is 0 Å². The Morgan fingerprint density at radius 1 is 0.750 bits per heavy atom. The highest BCUT2D eigenvalue weighted by molar-refractivity contribution is 6.13. The van der Waals surface area contributed by atoms with E-state index < -0.39 is 18.1 Å². The third-order valence-corrected chi connectivity index (χ3v) is 7.45. The van der Waals surface area contributed by atoms with Gasteiger partial charge in [0, 0.05) is 25.1 Å². The molecular weight excluding hydrogens is 500 g/mol. The van der Waals surface area contributed by atoms with Crippen LogP contribution < -0.4 is 4.57 Å². The third kappa shape index (κ3) is 4.48. The molecule has 200 valence electrons. The van der Waals surface area contributed by atoms with Crippen LogP contribution in [0.3, 0.4) is 0 Å². The number of nitrogens with zero attached hydrogens (tertiary/aromatic N) is 1. The minimum atomic E-state index is -1.87. The van der Waals surface area contributed by atoms with Crippen molar-refractivity contribution >= 4 is 21.9 Å². The Bertz CT molecular complexity index is 1970. The first-order valence-electron chi connectivity index (χ1n) is 14.5. The van der Waals surface area contributed by atoms with Crippen molar-refractivity contribution in [1.29, 1.82) is 0 Å². The van der Waals surface area contributed by atoms with Crippen molar-refractivity contribution in [2.45, 2.75) is 34.1 Å². The molecule has 0 saturated heterocycles. The van der Waals surface area contributed by atoms with Gasteiger partial charge in [-0.05, 0) is 60.5 Å². The maximum atomic E-state index is 15.5. The number of hydrogen-bond acceptors (Lipinski definition) is 1. The van der Waals surface area contributed by atoms with Crippen LogP contribution in [0, 0.1) is 31.4 Å². The van der Waals surface area contributed by atoms with Crippen LogP contribution >= 0.6 is 0 Å². The molecule has 2 nitrogen and oxygen atoms in total. The predicted molar refractivity (Wildman–Crippen MR) is 159 cm³/mol. The molecule has 4 heteroatoms. The van der Waals surface area contributed by atoms with E-state index in [1.807, 2.05) is 43.3 Å². The summed E-state index contributed by atoms with van der Waals surface area (Å²) < 4.78 is 56.0. The first-order valence-corrected chi connectivity index (χ1v) is 13.5. The van der Waals surface area contributed by atoms with E-state index in [0.29, 0.717) is 33.6 Å². The Balaban J connectivity index is 1.56. The van der Waals surface area contributed by atoms with Gasteiger partial charge in [-0.2, -0.15) is 4.57 Å². The van der Waals surface area contributed by atoms with Gasteiger partial charge < -0.3 is 4.42 Å². The molecule has 0 radical (unpaired) electrons. The summed E-state index contributed by atoms with van der Waals surface area (Å²) in [5.74, 6) is -1.42. The van der Waals surface area contributed by atoms with Crippen LogP contribution in [-0.2, 0) is 13.4 Å². The molecule has 0 fully saturated rings.